The lowest BCUT2D eigenvalue weighted by Gasteiger charge is -2.07. The lowest BCUT2D eigenvalue weighted by atomic mass is 10.2. The Balaban J connectivity index is 2.01. The minimum Gasteiger partial charge on any atom is -0.435 e. The zero-order chi connectivity index (χ0) is 13.9. The second-order valence-corrected chi connectivity index (χ2v) is 4.23. The number of nitrogens with zero attached hydrogens (tertiary/aromatic N) is 4. The van der Waals surface area contributed by atoms with Crippen molar-refractivity contribution in [3.05, 3.63) is 54.1 Å². The maximum atomic E-state index is 8.69. The van der Waals surface area contributed by atoms with Gasteiger partial charge in [0.2, 0.25) is 5.88 Å². The van der Waals surface area contributed by atoms with Gasteiger partial charge in [-0.15, -0.1) is 0 Å². The van der Waals surface area contributed by atoms with E-state index in [1.54, 1.807) is 0 Å². The molecule has 3 rings (SSSR count). The van der Waals surface area contributed by atoms with Gasteiger partial charge in [0.05, 0.1) is 12.4 Å². The number of ether oxygens (including phenoxy) is 1. The Hall–Kier alpha value is -3.00. The van der Waals surface area contributed by atoms with E-state index in [-0.39, 0.29) is 5.69 Å². The average Bonchev–Trinajstić information content (AvgIpc) is 2.49. The molecule has 20 heavy (non-hydrogen) atoms. The van der Waals surface area contributed by atoms with Crippen molar-refractivity contribution in [1.82, 2.24) is 15.0 Å². The zero-order valence-corrected chi connectivity index (χ0v) is 10.7. The highest BCUT2D eigenvalue weighted by Crippen LogP contribution is 2.27. The van der Waals surface area contributed by atoms with E-state index >= 15 is 0 Å². The normalized spacial score (nSPS) is 10.2. The molecule has 0 aliphatic carbocycles. The van der Waals surface area contributed by atoms with Crippen LogP contribution in [0.4, 0.5) is 0 Å². The Morgan fingerprint density at radius 2 is 2.00 bits per heavy atom. The number of aromatic nitrogens is 3. The number of rotatable bonds is 2. The summed E-state index contributed by atoms with van der Waals surface area (Å²) in [6, 6.07) is 11.6. The molecule has 0 unspecified atom stereocenters. The molecule has 0 N–H and O–H groups in total. The van der Waals surface area contributed by atoms with Crippen LogP contribution in [-0.4, -0.2) is 15.0 Å². The molecular formula is C15H10N4O. The van der Waals surface area contributed by atoms with Crippen LogP contribution >= 0.6 is 0 Å². The van der Waals surface area contributed by atoms with Crippen molar-refractivity contribution in [3.8, 4) is 17.7 Å². The Kier molecular flexibility index (Phi) is 2.98. The van der Waals surface area contributed by atoms with Crippen LogP contribution < -0.4 is 4.74 Å². The molecular weight excluding hydrogens is 252 g/mol. The molecule has 2 aromatic heterocycles. The molecule has 0 amide bonds. The molecule has 0 bridgehead atoms. The summed E-state index contributed by atoms with van der Waals surface area (Å²) in [5.74, 6) is 0.949. The van der Waals surface area contributed by atoms with E-state index in [1.165, 1.54) is 12.4 Å². The van der Waals surface area contributed by atoms with Crippen LogP contribution in [0.3, 0.4) is 0 Å². The van der Waals surface area contributed by atoms with Crippen molar-refractivity contribution in [2.75, 3.05) is 0 Å². The van der Waals surface area contributed by atoms with Gasteiger partial charge in [-0.2, -0.15) is 5.26 Å². The highest BCUT2D eigenvalue weighted by atomic mass is 16.5. The monoisotopic (exact) mass is 262 g/mol. The second-order valence-electron chi connectivity index (χ2n) is 4.23. The number of hydrogen-bond donors (Lipinski definition) is 0. The third-order valence-electron chi connectivity index (χ3n) is 2.78. The Morgan fingerprint density at radius 1 is 1.10 bits per heavy atom. The van der Waals surface area contributed by atoms with Gasteiger partial charge in [-0.1, -0.05) is 18.2 Å². The van der Waals surface area contributed by atoms with Gasteiger partial charge in [-0.3, -0.25) is 0 Å². The molecule has 96 valence electrons. The molecule has 0 aliphatic heterocycles. The third kappa shape index (κ3) is 2.27. The zero-order valence-electron chi connectivity index (χ0n) is 10.7. The average molecular weight is 262 g/mol. The van der Waals surface area contributed by atoms with E-state index in [1.807, 2.05) is 43.3 Å². The van der Waals surface area contributed by atoms with Gasteiger partial charge < -0.3 is 4.74 Å². The van der Waals surface area contributed by atoms with Crippen LogP contribution in [0.15, 0.2) is 42.7 Å². The first-order valence-electron chi connectivity index (χ1n) is 6.02. The number of pyridine rings is 1. The van der Waals surface area contributed by atoms with Crippen molar-refractivity contribution in [2.24, 2.45) is 0 Å². The molecule has 0 saturated heterocycles. The first-order valence-corrected chi connectivity index (χ1v) is 6.02. The second kappa shape index (κ2) is 4.94. The molecule has 5 heteroatoms. The van der Waals surface area contributed by atoms with Crippen LogP contribution in [0.5, 0.6) is 11.6 Å². The fourth-order valence-corrected chi connectivity index (χ4v) is 1.84. The molecule has 0 atom stereocenters. The summed E-state index contributed by atoms with van der Waals surface area (Å²) in [6.07, 6.45) is 2.80. The number of para-hydroxylation sites is 1. The van der Waals surface area contributed by atoms with Crippen LogP contribution in [0.2, 0.25) is 0 Å². The summed E-state index contributed by atoms with van der Waals surface area (Å²) in [4.78, 5) is 12.4. The summed E-state index contributed by atoms with van der Waals surface area (Å²) in [7, 11) is 0. The Bertz CT molecular complexity index is 806. The molecule has 0 fully saturated rings. The summed E-state index contributed by atoms with van der Waals surface area (Å²) in [5.41, 5.74) is 1.95. The molecule has 5 nitrogen and oxygen atoms in total. The predicted octanol–water partition coefficient (Wildman–Crippen LogP) is 3.00. The number of nitriles is 1. The first kappa shape index (κ1) is 12.1. The predicted molar refractivity (Wildman–Crippen MR) is 73.3 cm³/mol. The summed E-state index contributed by atoms with van der Waals surface area (Å²) < 4.78 is 5.70. The van der Waals surface area contributed by atoms with E-state index in [2.05, 4.69) is 15.0 Å². The largest absolute Gasteiger partial charge is 0.435 e. The van der Waals surface area contributed by atoms with Crippen LogP contribution in [0.25, 0.3) is 10.9 Å². The Morgan fingerprint density at radius 3 is 2.75 bits per heavy atom. The van der Waals surface area contributed by atoms with Crippen molar-refractivity contribution in [2.45, 2.75) is 6.92 Å². The number of benzene rings is 1. The molecule has 0 saturated carbocycles. The van der Waals surface area contributed by atoms with E-state index < -0.39 is 0 Å². The SMILES string of the molecule is Cc1ccc2cccc(Oc3cnc(C#N)cn3)c2n1. The van der Waals surface area contributed by atoms with Crippen LogP contribution in [0, 0.1) is 18.3 Å². The highest BCUT2D eigenvalue weighted by Gasteiger charge is 2.06. The molecule has 0 spiro atoms. The maximum absolute atomic E-state index is 8.69. The Labute approximate surface area is 115 Å². The smallest absolute Gasteiger partial charge is 0.238 e. The molecule has 1 aromatic carbocycles. The maximum Gasteiger partial charge on any atom is 0.238 e. The lowest BCUT2D eigenvalue weighted by molar-refractivity contribution is 0.464. The fourth-order valence-electron chi connectivity index (χ4n) is 1.84. The van der Waals surface area contributed by atoms with Gasteiger partial charge in [0.25, 0.3) is 0 Å². The van der Waals surface area contributed by atoms with Crippen LogP contribution in [0.1, 0.15) is 11.4 Å². The van der Waals surface area contributed by atoms with Gasteiger partial charge in [-0.25, -0.2) is 15.0 Å². The van der Waals surface area contributed by atoms with E-state index in [0.717, 1.165) is 16.6 Å². The first-order chi connectivity index (χ1) is 9.76. The fraction of sp³-hybridized carbons (Fsp3) is 0.0667. The van der Waals surface area contributed by atoms with Gasteiger partial charge in [0.15, 0.2) is 11.4 Å². The van der Waals surface area contributed by atoms with Gasteiger partial charge in [-0.05, 0) is 19.1 Å². The van der Waals surface area contributed by atoms with Gasteiger partial charge >= 0.3 is 0 Å². The minimum atomic E-state index is 0.254. The molecule has 3 aromatic rings. The van der Waals surface area contributed by atoms with Crippen LogP contribution in [-0.2, 0) is 0 Å². The summed E-state index contributed by atoms with van der Waals surface area (Å²) in [6.45, 7) is 1.93. The van der Waals surface area contributed by atoms with Gasteiger partial charge in [0, 0.05) is 11.1 Å². The highest BCUT2D eigenvalue weighted by molar-refractivity contribution is 5.84. The number of hydrogen-bond acceptors (Lipinski definition) is 5. The van der Waals surface area contributed by atoms with Crippen molar-refractivity contribution < 1.29 is 4.74 Å². The van der Waals surface area contributed by atoms with E-state index in [9.17, 15) is 0 Å². The van der Waals surface area contributed by atoms with E-state index in [4.69, 9.17) is 10.00 Å². The molecule has 0 aliphatic rings. The number of fused-ring (bicyclic) bond motifs is 1. The van der Waals surface area contributed by atoms with Crippen molar-refractivity contribution in [3.63, 3.8) is 0 Å². The van der Waals surface area contributed by atoms with E-state index in [0.29, 0.717) is 11.6 Å². The third-order valence-corrected chi connectivity index (χ3v) is 2.78. The summed E-state index contributed by atoms with van der Waals surface area (Å²) in [5, 5.41) is 9.68. The van der Waals surface area contributed by atoms with Gasteiger partial charge in [0.1, 0.15) is 11.6 Å². The number of aryl methyl sites for hydroxylation is 1. The summed E-state index contributed by atoms with van der Waals surface area (Å²) >= 11 is 0. The topological polar surface area (TPSA) is 71.7 Å². The standard InChI is InChI=1S/C15H10N4O/c1-10-5-6-11-3-2-4-13(15(11)19-10)20-14-9-17-12(7-16)8-18-14/h2-6,8-9H,1H3. The molecule has 2 heterocycles. The minimum absolute atomic E-state index is 0.254. The lowest BCUT2D eigenvalue weighted by Crippen LogP contribution is -1.93. The van der Waals surface area contributed by atoms with Crippen molar-refractivity contribution in [1.29, 1.82) is 5.26 Å². The van der Waals surface area contributed by atoms with Crippen molar-refractivity contribution >= 4 is 10.9 Å². The quantitative estimate of drug-likeness (QED) is 0.709. The molecule has 0 radical (unpaired) electrons.